The molecule has 9 heteroatoms. The molecule has 0 atom stereocenters. The van der Waals surface area contributed by atoms with E-state index in [1.165, 1.54) is 24.3 Å². The Morgan fingerprint density at radius 3 is 2.14 bits per heavy atom. The van der Waals surface area contributed by atoms with Gasteiger partial charge in [0.25, 0.3) is 10.0 Å². The third-order valence-corrected chi connectivity index (χ3v) is 3.53. The Bertz CT molecular complexity index is 691. The van der Waals surface area contributed by atoms with E-state index in [0.29, 0.717) is 6.08 Å². The Kier molecular flexibility index (Phi) is 5.19. The van der Waals surface area contributed by atoms with Crippen LogP contribution in [0.2, 0.25) is 0 Å². The quantitative estimate of drug-likeness (QED) is 0.653. The molecule has 0 aliphatic rings. The van der Waals surface area contributed by atoms with Crippen LogP contribution in [-0.2, 0) is 24.4 Å². The standard InChI is InChI=1S/C12H12N2O6S/c1-8(15)14-21(19,20)10-4-2-9(3-5-10)13-11(16)6-7-12(17)18/h2-7H,1H3,(H,13,16)(H,14,15)(H,17,18)/p-1. The summed E-state index contributed by atoms with van der Waals surface area (Å²) in [7, 11) is -3.94. The van der Waals surface area contributed by atoms with E-state index in [0.717, 1.165) is 13.0 Å². The highest BCUT2D eigenvalue weighted by atomic mass is 32.2. The Morgan fingerprint density at radius 2 is 1.67 bits per heavy atom. The zero-order valence-corrected chi connectivity index (χ0v) is 11.6. The molecule has 0 unspecified atom stereocenters. The molecular formula is C12H11N2O6S-. The minimum atomic E-state index is -3.94. The van der Waals surface area contributed by atoms with Gasteiger partial charge in [0.15, 0.2) is 0 Å². The molecule has 0 spiro atoms. The van der Waals surface area contributed by atoms with Crippen molar-refractivity contribution < 1.29 is 27.9 Å². The van der Waals surface area contributed by atoms with Crippen LogP contribution in [0, 0.1) is 0 Å². The molecular weight excluding hydrogens is 300 g/mol. The predicted molar refractivity (Wildman–Crippen MR) is 70.2 cm³/mol. The van der Waals surface area contributed by atoms with E-state index in [9.17, 15) is 27.9 Å². The van der Waals surface area contributed by atoms with Crippen molar-refractivity contribution in [1.29, 1.82) is 0 Å². The normalized spacial score (nSPS) is 11.1. The molecule has 1 aromatic rings. The summed E-state index contributed by atoms with van der Waals surface area (Å²) in [4.78, 5) is 32.0. The van der Waals surface area contributed by atoms with E-state index < -0.39 is 27.8 Å². The number of nitrogens with one attached hydrogen (secondary N) is 2. The third kappa shape index (κ3) is 5.45. The molecule has 0 saturated heterocycles. The maximum Gasteiger partial charge on any atom is 0.264 e. The van der Waals surface area contributed by atoms with E-state index in [1.54, 1.807) is 4.72 Å². The summed E-state index contributed by atoms with van der Waals surface area (Å²) in [6.07, 6.45) is 1.32. The number of hydrogen-bond donors (Lipinski definition) is 2. The molecule has 1 rings (SSSR count). The molecule has 8 nitrogen and oxygen atoms in total. The molecule has 1 aromatic carbocycles. The number of sulfonamides is 1. The lowest BCUT2D eigenvalue weighted by Gasteiger charge is -2.06. The lowest BCUT2D eigenvalue weighted by atomic mass is 10.3. The largest absolute Gasteiger partial charge is 0.545 e. The molecule has 0 saturated carbocycles. The molecule has 0 aromatic heterocycles. The summed E-state index contributed by atoms with van der Waals surface area (Å²) in [6.45, 7) is 1.07. The fraction of sp³-hybridized carbons (Fsp3) is 0.0833. The fourth-order valence-corrected chi connectivity index (χ4v) is 2.28. The van der Waals surface area contributed by atoms with E-state index in [-0.39, 0.29) is 10.6 Å². The van der Waals surface area contributed by atoms with Crippen molar-refractivity contribution in [3.05, 3.63) is 36.4 Å². The van der Waals surface area contributed by atoms with Gasteiger partial charge < -0.3 is 15.2 Å². The molecule has 2 N–H and O–H groups in total. The van der Waals surface area contributed by atoms with Crippen LogP contribution in [0.5, 0.6) is 0 Å². The minimum absolute atomic E-state index is 0.152. The topological polar surface area (TPSA) is 132 Å². The second-order valence-electron chi connectivity index (χ2n) is 3.83. The highest BCUT2D eigenvalue weighted by Gasteiger charge is 2.14. The highest BCUT2D eigenvalue weighted by molar-refractivity contribution is 7.90. The first-order valence-corrected chi connectivity index (χ1v) is 7.02. The van der Waals surface area contributed by atoms with E-state index in [1.807, 2.05) is 0 Å². The van der Waals surface area contributed by atoms with Gasteiger partial charge in [0.2, 0.25) is 11.8 Å². The molecule has 21 heavy (non-hydrogen) atoms. The predicted octanol–water partition coefficient (Wildman–Crippen LogP) is -1.24. The van der Waals surface area contributed by atoms with Gasteiger partial charge in [0, 0.05) is 18.7 Å². The molecule has 2 amide bonds. The van der Waals surface area contributed by atoms with Crippen molar-refractivity contribution in [2.75, 3.05) is 5.32 Å². The van der Waals surface area contributed by atoms with E-state index in [4.69, 9.17) is 0 Å². The summed E-state index contributed by atoms with van der Waals surface area (Å²) in [5.74, 6) is -2.95. The lowest BCUT2D eigenvalue weighted by Crippen LogP contribution is -2.28. The van der Waals surface area contributed by atoms with Gasteiger partial charge in [0.05, 0.1) is 10.9 Å². The number of carboxylic acid groups (broad SMARTS) is 1. The van der Waals surface area contributed by atoms with Gasteiger partial charge in [-0.3, -0.25) is 9.59 Å². The fourth-order valence-electron chi connectivity index (χ4n) is 1.29. The number of benzene rings is 1. The van der Waals surface area contributed by atoms with Gasteiger partial charge in [0.1, 0.15) is 0 Å². The first-order valence-electron chi connectivity index (χ1n) is 5.54. The van der Waals surface area contributed by atoms with Crippen LogP contribution in [0.1, 0.15) is 6.92 Å². The maximum absolute atomic E-state index is 11.7. The van der Waals surface area contributed by atoms with Gasteiger partial charge in [-0.1, -0.05) is 0 Å². The third-order valence-electron chi connectivity index (χ3n) is 2.08. The van der Waals surface area contributed by atoms with Crippen molar-refractivity contribution in [1.82, 2.24) is 4.72 Å². The molecule has 0 fully saturated rings. The zero-order valence-electron chi connectivity index (χ0n) is 10.8. The van der Waals surface area contributed by atoms with Gasteiger partial charge >= 0.3 is 0 Å². The number of amides is 2. The lowest BCUT2D eigenvalue weighted by molar-refractivity contribution is -0.297. The summed E-state index contributed by atoms with van der Waals surface area (Å²) in [6, 6.07) is 4.95. The molecule has 0 aliphatic heterocycles. The smallest absolute Gasteiger partial charge is 0.264 e. The summed E-state index contributed by atoms with van der Waals surface area (Å²) < 4.78 is 25.1. The van der Waals surface area contributed by atoms with E-state index >= 15 is 0 Å². The van der Waals surface area contributed by atoms with Crippen LogP contribution in [0.15, 0.2) is 41.3 Å². The molecule has 0 aliphatic carbocycles. The van der Waals surface area contributed by atoms with Crippen molar-refractivity contribution in [3.8, 4) is 0 Å². The van der Waals surface area contributed by atoms with Crippen LogP contribution in [0.25, 0.3) is 0 Å². The van der Waals surface area contributed by atoms with Crippen LogP contribution < -0.4 is 15.1 Å². The number of aliphatic carboxylic acids is 1. The second-order valence-corrected chi connectivity index (χ2v) is 5.51. The van der Waals surface area contributed by atoms with Crippen molar-refractivity contribution in [2.24, 2.45) is 0 Å². The molecule has 0 radical (unpaired) electrons. The Labute approximate surface area is 120 Å². The summed E-state index contributed by atoms with van der Waals surface area (Å²) in [5, 5.41) is 12.4. The van der Waals surface area contributed by atoms with Gasteiger partial charge in [-0.15, -0.1) is 0 Å². The average Bonchev–Trinajstić information content (AvgIpc) is 2.35. The zero-order chi connectivity index (χ0) is 16.0. The van der Waals surface area contributed by atoms with Crippen LogP contribution in [0.4, 0.5) is 5.69 Å². The number of hydrogen-bond acceptors (Lipinski definition) is 6. The monoisotopic (exact) mass is 311 g/mol. The Balaban J connectivity index is 2.81. The molecule has 0 heterocycles. The minimum Gasteiger partial charge on any atom is -0.545 e. The van der Waals surface area contributed by atoms with Gasteiger partial charge in [-0.05, 0) is 30.3 Å². The number of carbonyl (C=O) groups is 3. The first kappa shape index (κ1) is 16.4. The van der Waals surface area contributed by atoms with Gasteiger partial charge in [-0.2, -0.15) is 0 Å². The average molecular weight is 311 g/mol. The summed E-state index contributed by atoms with van der Waals surface area (Å²) in [5.41, 5.74) is 0.254. The SMILES string of the molecule is CC(=O)NS(=O)(=O)c1ccc(NC(=O)C=CC(=O)[O-])cc1. The molecule has 0 bridgehead atoms. The maximum atomic E-state index is 11.7. The summed E-state index contributed by atoms with van der Waals surface area (Å²) >= 11 is 0. The number of carboxylic acids is 1. The first-order chi connectivity index (χ1) is 9.70. The van der Waals surface area contributed by atoms with Crippen molar-refractivity contribution >= 4 is 33.5 Å². The van der Waals surface area contributed by atoms with Crippen molar-refractivity contribution in [2.45, 2.75) is 11.8 Å². The second kappa shape index (κ2) is 6.66. The highest BCUT2D eigenvalue weighted by Crippen LogP contribution is 2.13. The molecule has 112 valence electrons. The van der Waals surface area contributed by atoms with Crippen LogP contribution >= 0.6 is 0 Å². The number of rotatable bonds is 5. The van der Waals surface area contributed by atoms with Gasteiger partial charge in [-0.25, -0.2) is 13.1 Å². The van der Waals surface area contributed by atoms with E-state index in [2.05, 4.69) is 5.32 Å². The Hall–Kier alpha value is -2.68. The van der Waals surface area contributed by atoms with Crippen LogP contribution in [-0.4, -0.2) is 26.2 Å². The van der Waals surface area contributed by atoms with Crippen LogP contribution in [0.3, 0.4) is 0 Å². The Morgan fingerprint density at radius 1 is 1.10 bits per heavy atom. The van der Waals surface area contributed by atoms with Crippen molar-refractivity contribution in [3.63, 3.8) is 0 Å². The number of anilines is 1. The number of carbonyl (C=O) groups excluding carboxylic acids is 3.